The first-order valence-corrected chi connectivity index (χ1v) is 10.1. The number of nitrogens with zero attached hydrogens (tertiary/aromatic N) is 1. The molecule has 2 aromatic carbocycles. The Bertz CT molecular complexity index is 871. The Labute approximate surface area is 162 Å². The minimum Gasteiger partial charge on any atom is -0.481 e. The van der Waals surface area contributed by atoms with Crippen LogP contribution in [-0.4, -0.2) is 35.1 Å². The summed E-state index contributed by atoms with van der Waals surface area (Å²) in [6.45, 7) is -0.0117. The summed E-state index contributed by atoms with van der Waals surface area (Å²) < 4.78 is 22.0. The van der Waals surface area contributed by atoms with Crippen molar-refractivity contribution in [2.24, 2.45) is 16.5 Å². The number of rotatable bonds is 10. The number of carbonyl (C=O) groups is 1. The number of benzene rings is 2. The van der Waals surface area contributed by atoms with Crippen LogP contribution in [0.3, 0.4) is 0 Å². The van der Waals surface area contributed by atoms with Crippen molar-refractivity contribution in [3.8, 4) is 0 Å². The second-order valence-corrected chi connectivity index (χ2v) is 7.97. The van der Waals surface area contributed by atoms with Crippen molar-refractivity contribution >= 4 is 25.2 Å². The van der Waals surface area contributed by atoms with E-state index >= 15 is 0 Å². The van der Waals surface area contributed by atoms with E-state index in [1.807, 2.05) is 30.3 Å². The number of carboxylic acid groups (broad SMARTS) is 1. The van der Waals surface area contributed by atoms with E-state index in [-0.39, 0.29) is 12.6 Å². The molecule has 0 saturated heterocycles. The molecule has 2 atom stereocenters. The van der Waals surface area contributed by atoms with E-state index in [1.165, 1.54) is 12.1 Å². The van der Waals surface area contributed by atoms with E-state index in [4.69, 9.17) is 21.2 Å². The van der Waals surface area contributed by atoms with Crippen LogP contribution < -0.4 is 11.5 Å². The molecule has 0 amide bonds. The van der Waals surface area contributed by atoms with Gasteiger partial charge in [0.15, 0.2) is 5.96 Å². The van der Waals surface area contributed by atoms with Crippen LogP contribution in [0.1, 0.15) is 17.0 Å². The van der Waals surface area contributed by atoms with E-state index in [1.54, 1.807) is 12.1 Å². The van der Waals surface area contributed by atoms with E-state index in [2.05, 4.69) is 9.67 Å². The van der Waals surface area contributed by atoms with Crippen LogP contribution in [-0.2, 0) is 25.0 Å². The topological polar surface area (TPSA) is 157 Å². The Hall–Kier alpha value is -2.71. The van der Waals surface area contributed by atoms with Gasteiger partial charge in [-0.05, 0) is 29.7 Å². The van der Waals surface area contributed by atoms with Gasteiger partial charge < -0.3 is 21.1 Å². The van der Waals surface area contributed by atoms with Crippen molar-refractivity contribution in [1.29, 1.82) is 0 Å². The van der Waals surface area contributed by atoms with Gasteiger partial charge in [0, 0.05) is 0 Å². The number of hydrogen-bond acceptors (Lipinski definition) is 6. The first-order chi connectivity index (χ1) is 13.3. The molecule has 0 aliphatic rings. The van der Waals surface area contributed by atoms with Crippen molar-refractivity contribution in [1.82, 2.24) is 0 Å². The Kier molecular flexibility index (Phi) is 7.71. The molecule has 9 nitrogen and oxygen atoms in total. The summed E-state index contributed by atoms with van der Waals surface area (Å²) in [5.41, 5.74) is 12.2. The van der Waals surface area contributed by atoms with Crippen LogP contribution in [0.15, 0.2) is 59.6 Å². The standard InChI is InChI=1S/C18H22N3O6P/c19-18(20)21-15-8-4-7-14(11-15)16(17(22)23)12-28(25,27-24)26-10-9-13-5-2-1-3-6-13/h1-8,11,16,24H,9-10,12H2,(H,22,23)(H4,19,20,21). The molecule has 150 valence electrons. The molecule has 0 aliphatic heterocycles. The van der Waals surface area contributed by atoms with Gasteiger partial charge in [-0.3, -0.25) is 9.36 Å². The fourth-order valence-electron chi connectivity index (χ4n) is 2.57. The maximum Gasteiger partial charge on any atom is 0.359 e. The molecule has 6 N–H and O–H groups in total. The first kappa shape index (κ1) is 21.6. The van der Waals surface area contributed by atoms with Crippen LogP contribution in [0.4, 0.5) is 5.69 Å². The van der Waals surface area contributed by atoms with Crippen LogP contribution >= 0.6 is 7.60 Å². The first-order valence-electron chi connectivity index (χ1n) is 8.36. The summed E-state index contributed by atoms with van der Waals surface area (Å²) in [6.07, 6.45) is -0.134. The monoisotopic (exact) mass is 407 g/mol. The summed E-state index contributed by atoms with van der Waals surface area (Å²) in [7, 11) is -4.07. The van der Waals surface area contributed by atoms with Gasteiger partial charge in [-0.2, -0.15) is 4.67 Å². The highest BCUT2D eigenvalue weighted by molar-refractivity contribution is 7.53. The summed E-state index contributed by atoms with van der Waals surface area (Å²) in [5, 5.41) is 18.7. The smallest absolute Gasteiger partial charge is 0.359 e. The maximum atomic E-state index is 12.7. The molecule has 2 rings (SSSR count). The summed E-state index contributed by atoms with van der Waals surface area (Å²) in [4.78, 5) is 15.6. The molecule has 0 spiro atoms. The predicted octanol–water partition coefficient (Wildman–Crippen LogP) is 2.70. The highest BCUT2D eigenvalue weighted by atomic mass is 31.2. The molecule has 2 unspecified atom stereocenters. The molecule has 0 radical (unpaired) electrons. The summed E-state index contributed by atoms with van der Waals surface area (Å²) in [6, 6.07) is 15.4. The van der Waals surface area contributed by atoms with Crippen LogP contribution in [0.5, 0.6) is 0 Å². The molecule has 0 aromatic heterocycles. The minimum atomic E-state index is -4.07. The Morgan fingerprint density at radius 3 is 2.46 bits per heavy atom. The normalized spacial score (nSPS) is 14.0. The molecule has 0 fully saturated rings. The minimum absolute atomic E-state index is 0.0117. The van der Waals surface area contributed by atoms with Gasteiger partial charge in [0.2, 0.25) is 0 Å². The number of guanidine groups is 1. The fourth-order valence-corrected chi connectivity index (χ4v) is 3.97. The van der Waals surface area contributed by atoms with E-state index in [0.717, 1.165) is 5.56 Å². The van der Waals surface area contributed by atoms with Gasteiger partial charge in [-0.25, -0.2) is 10.2 Å². The van der Waals surface area contributed by atoms with Crippen molar-refractivity contribution in [2.75, 3.05) is 12.8 Å². The van der Waals surface area contributed by atoms with Crippen molar-refractivity contribution in [3.05, 3.63) is 65.7 Å². The average molecular weight is 407 g/mol. The van der Waals surface area contributed by atoms with E-state index < -0.39 is 25.6 Å². The molecule has 0 bridgehead atoms. The van der Waals surface area contributed by atoms with Crippen molar-refractivity contribution < 1.29 is 28.9 Å². The Morgan fingerprint density at radius 1 is 1.14 bits per heavy atom. The van der Waals surface area contributed by atoms with Crippen LogP contribution in [0.2, 0.25) is 0 Å². The molecule has 28 heavy (non-hydrogen) atoms. The lowest BCUT2D eigenvalue weighted by Gasteiger charge is -2.19. The second kappa shape index (κ2) is 10.0. The molecule has 10 heteroatoms. The van der Waals surface area contributed by atoms with Crippen LogP contribution in [0.25, 0.3) is 0 Å². The third-order valence-corrected chi connectivity index (χ3v) is 5.52. The number of aliphatic imine (C=N–C) groups is 1. The van der Waals surface area contributed by atoms with E-state index in [0.29, 0.717) is 17.7 Å². The molecule has 0 heterocycles. The number of hydrogen-bond donors (Lipinski definition) is 4. The maximum absolute atomic E-state index is 12.7. The van der Waals surface area contributed by atoms with Gasteiger partial charge in [0.1, 0.15) is 0 Å². The van der Waals surface area contributed by atoms with Gasteiger partial charge >= 0.3 is 13.6 Å². The Morgan fingerprint density at radius 2 is 1.86 bits per heavy atom. The van der Waals surface area contributed by atoms with Gasteiger partial charge in [0.25, 0.3) is 0 Å². The van der Waals surface area contributed by atoms with Crippen LogP contribution in [0, 0.1) is 0 Å². The lowest BCUT2D eigenvalue weighted by Crippen LogP contribution is -2.22. The number of carboxylic acids is 1. The summed E-state index contributed by atoms with van der Waals surface area (Å²) in [5.74, 6) is -2.70. The summed E-state index contributed by atoms with van der Waals surface area (Å²) >= 11 is 0. The number of nitrogens with two attached hydrogens (primary N) is 2. The zero-order valence-corrected chi connectivity index (χ0v) is 15.9. The highest BCUT2D eigenvalue weighted by Gasteiger charge is 2.34. The van der Waals surface area contributed by atoms with Crippen molar-refractivity contribution in [2.45, 2.75) is 12.3 Å². The molecular formula is C18H22N3O6P. The number of aliphatic carboxylic acids is 1. The largest absolute Gasteiger partial charge is 0.481 e. The second-order valence-electron chi connectivity index (χ2n) is 5.97. The van der Waals surface area contributed by atoms with Gasteiger partial charge in [-0.15, -0.1) is 0 Å². The molecule has 2 aromatic rings. The average Bonchev–Trinajstić information content (AvgIpc) is 2.66. The quantitative estimate of drug-likeness (QED) is 0.154. The molecule has 0 saturated carbocycles. The zero-order valence-electron chi connectivity index (χ0n) is 15.0. The zero-order chi connectivity index (χ0) is 20.6. The van der Waals surface area contributed by atoms with Gasteiger partial charge in [-0.1, -0.05) is 42.5 Å². The lowest BCUT2D eigenvalue weighted by atomic mass is 10.0. The van der Waals surface area contributed by atoms with E-state index in [9.17, 15) is 14.5 Å². The van der Waals surface area contributed by atoms with Gasteiger partial charge in [0.05, 0.1) is 24.4 Å². The Balaban J connectivity index is 2.13. The third-order valence-electron chi connectivity index (χ3n) is 3.88. The SMILES string of the molecule is NC(N)=Nc1cccc(C(CP(=O)(OO)OCCc2ccccc2)C(=O)O)c1. The lowest BCUT2D eigenvalue weighted by molar-refractivity contribution is -0.150. The van der Waals surface area contributed by atoms with Crippen molar-refractivity contribution in [3.63, 3.8) is 0 Å². The highest BCUT2D eigenvalue weighted by Crippen LogP contribution is 2.50. The fraction of sp³-hybridized carbons (Fsp3) is 0.222. The predicted molar refractivity (Wildman–Crippen MR) is 105 cm³/mol. The molecular weight excluding hydrogens is 385 g/mol. The third kappa shape index (κ3) is 6.47. The molecule has 0 aliphatic carbocycles.